The van der Waals surface area contributed by atoms with Crippen LogP contribution in [0.4, 0.5) is 0 Å². The molecule has 0 fully saturated rings. The van der Waals surface area contributed by atoms with Gasteiger partial charge in [-0.05, 0) is 32.4 Å². The number of aromatic nitrogens is 1. The molecule has 1 aromatic carbocycles. The number of aryl methyl sites for hydroxylation is 2. The Balaban J connectivity index is 2.20. The molecule has 1 aromatic heterocycles. The fraction of sp³-hybridized carbons (Fsp3) is 0.375. The van der Waals surface area contributed by atoms with E-state index < -0.39 is 0 Å². The van der Waals surface area contributed by atoms with Gasteiger partial charge in [0.2, 0.25) is 0 Å². The summed E-state index contributed by atoms with van der Waals surface area (Å²) >= 11 is 0. The van der Waals surface area contributed by atoms with Crippen LogP contribution in [0.5, 0.6) is 0 Å². The molecule has 2 aromatic rings. The van der Waals surface area contributed by atoms with E-state index in [1.807, 2.05) is 0 Å². The Morgan fingerprint density at radius 2 is 2.00 bits per heavy atom. The van der Waals surface area contributed by atoms with Crippen LogP contribution in [0, 0.1) is 6.92 Å². The van der Waals surface area contributed by atoms with Crippen LogP contribution in [0.25, 0.3) is 10.9 Å². The highest BCUT2D eigenvalue weighted by molar-refractivity contribution is 5.85. The van der Waals surface area contributed by atoms with Crippen LogP contribution < -0.4 is 5.32 Å². The van der Waals surface area contributed by atoms with Gasteiger partial charge in [-0.1, -0.05) is 29.8 Å². The lowest BCUT2D eigenvalue weighted by atomic mass is 10.1. The van der Waals surface area contributed by atoms with E-state index in [2.05, 4.69) is 68.0 Å². The highest BCUT2D eigenvalue weighted by Gasteiger charge is 2.09. The number of fused-ring (bicyclic) bond motifs is 1. The van der Waals surface area contributed by atoms with Crippen molar-refractivity contribution in [2.24, 2.45) is 7.05 Å². The van der Waals surface area contributed by atoms with Crippen molar-refractivity contribution in [2.75, 3.05) is 6.54 Å². The SMILES string of the molecule is CC(C)=CCNCc1c(C)c2ccccc2n1C. The first-order valence-electron chi connectivity index (χ1n) is 6.48. The molecule has 1 heterocycles. The number of allylic oxidation sites excluding steroid dienone is 1. The topological polar surface area (TPSA) is 17.0 Å². The predicted molar refractivity (Wildman–Crippen MR) is 78.8 cm³/mol. The molecule has 0 spiro atoms. The number of nitrogens with one attached hydrogen (secondary N) is 1. The summed E-state index contributed by atoms with van der Waals surface area (Å²) in [6, 6.07) is 8.59. The van der Waals surface area contributed by atoms with Gasteiger partial charge < -0.3 is 9.88 Å². The van der Waals surface area contributed by atoms with Gasteiger partial charge in [-0.2, -0.15) is 0 Å². The van der Waals surface area contributed by atoms with Crippen LogP contribution in [-0.2, 0) is 13.6 Å². The Kier molecular flexibility index (Phi) is 3.87. The van der Waals surface area contributed by atoms with E-state index in [0.29, 0.717) is 0 Å². The summed E-state index contributed by atoms with van der Waals surface area (Å²) in [4.78, 5) is 0. The largest absolute Gasteiger partial charge is 0.346 e. The second-order valence-corrected chi connectivity index (χ2v) is 5.06. The van der Waals surface area contributed by atoms with Gasteiger partial charge in [0.05, 0.1) is 0 Å². The van der Waals surface area contributed by atoms with Gasteiger partial charge in [0.1, 0.15) is 0 Å². The third kappa shape index (κ3) is 2.49. The summed E-state index contributed by atoms with van der Waals surface area (Å²) in [5.41, 5.74) is 5.43. The molecule has 18 heavy (non-hydrogen) atoms. The minimum absolute atomic E-state index is 0.917. The van der Waals surface area contributed by atoms with E-state index in [0.717, 1.165) is 13.1 Å². The fourth-order valence-electron chi connectivity index (χ4n) is 2.35. The second-order valence-electron chi connectivity index (χ2n) is 5.06. The van der Waals surface area contributed by atoms with Gasteiger partial charge >= 0.3 is 0 Å². The fourth-order valence-corrected chi connectivity index (χ4v) is 2.35. The van der Waals surface area contributed by atoms with Gasteiger partial charge in [-0.3, -0.25) is 0 Å². The first kappa shape index (κ1) is 12.9. The van der Waals surface area contributed by atoms with Gasteiger partial charge in [-0.15, -0.1) is 0 Å². The number of hydrogen-bond donors (Lipinski definition) is 1. The van der Waals surface area contributed by atoms with Crippen LogP contribution in [0.15, 0.2) is 35.9 Å². The molecule has 2 rings (SSSR count). The third-order valence-electron chi connectivity index (χ3n) is 3.45. The molecule has 0 bridgehead atoms. The summed E-state index contributed by atoms with van der Waals surface area (Å²) in [6.07, 6.45) is 2.22. The maximum Gasteiger partial charge on any atom is 0.0483 e. The number of nitrogens with zero attached hydrogens (tertiary/aromatic N) is 1. The third-order valence-corrected chi connectivity index (χ3v) is 3.45. The lowest BCUT2D eigenvalue weighted by molar-refractivity contribution is 0.702. The molecule has 0 aliphatic carbocycles. The van der Waals surface area contributed by atoms with E-state index in [-0.39, 0.29) is 0 Å². The monoisotopic (exact) mass is 242 g/mol. The molecule has 0 aliphatic heterocycles. The zero-order valence-electron chi connectivity index (χ0n) is 11.7. The van der Waals surface area contributed by atoms with Crippen LogP contribution in [0.1, 0.15) is 25.1 Å². The van der Waals surface area contributed by atoms with Crippen LogP contribution in [-0.4, -0.2) is 11.1 Å². The summed E-state index contributed by atoms with van der Waals surface area (Å²) in [5, 5.41) is 4.84. The van der Waals surface area contributed by atoms with Gasteiger partial charge in [-0.25, -0.2) is 0 Å². The van der Waals surface area contributed by atoms with Crippen molar-refractivity contribution in [3.05, 3.63) is 47.2 Å². The molecule has 0 atom stereocenters. The van der Waals surface area contributed by atoms with Crippen molar-refractivity contribution in [3.63, 3.8) is 0 Å². The number of benzene rings is 1. The molecule has 1 N–H and O–H groups in total. The van der Waals surface area contributed by atoms with E-state index >= 15 is 0 Å². The maximum atomic E-state index is 3.48. The van der Waals surface area contributed by atoms with Gasteiger partial charge in [0.25, 0.3) is 0 Å². The van der Waals surface area contributed by atoms with E-state index in [1.165, 1.54) is 27.7 Å². The van der Waals surface area contributed by atoms with Crippen molar-refractivity contribution in [1.82, 2.24) is 9.88 Å². The molecule has 0 unspecified atom stereocenters. The molecule has 96 valence electrons. The minimum atomic E-state index is 0.917. The molecular formula is C16H22N2. The Morgan fingerprint density at radius 1 is 1.28 bits per heavy atom. The Morgan fingerprint density at radius 3 is 2.67 bits per heavy atom. The van der Waals surface area contributed by atoms with Crippen LogP contribution in [0.3, 0.4) is 0 Å². The smallest absolute Gasteiger partial charge is 0.0483 e. The quantitative estimate of drug-likeness (QED) is 0.641. The van der Waals surface area contributed by atoms with Crippen LogP contribution in [0.2, 0.25) is 0 Å². The van der Waals surface area contributed by atoms with Crippen molar-refractivity contribution in [1.29, 1.82) is 0 Å². The molecule has 2 nitrogen and oxygen atoms in total. The Labute approximate surface area is 109 Å². The maximum absolute atomic E-state index is 3.48. The lowest BCUT2D eigenvalue weighted by Gasteiger charge is -2.06. The molecular weight excluding hydrogens is 220 g/mol. The minimum Gasteiger partial charge on any atom is -0.346 e. The summed E-state index contributed by atoms with van der Waals surface area (Å²) < 4.78 is 2.29. The summed E-state index contributed by atoms with van der Waals surface area (Å²) in [5.74, 6) is 0. The molecule has 2 heteroatoms. The second kappa shape index (κ2) is 5.40. The first-order valence-corrected chi connectivity index (χ1v) is 6.48. The molecule has 0 saturated heterocycles. The Hall–Kier alpha value is -1.54. The molecule has 0 aliphatic rings. The van der Waals surface area contributed by atoms with E-state index in [9.17, 15) is 0 Å². The Bertz CT molecular complexity index is 533. The normalized spacial score (nSPS) is 10.9. The highest BCUT2D eigenvalue weighted by atomic mass is 15.0. The summed E-state index contributed by atoms with van der Waals surface area (Å²) in [6.45, 7) is 8.32. The van der Waals surface area contributed by atoms with Crippen LogP contribution >= 0.6 is 0 Å². The first-order chi connectivity index (χ1) is 8.61. The average molecular weight is 242 g/mol. The van der Waals surface area contributed by atoms with Gasteiger partial charge in [0.15, 0.2) is 0 Å². The van der Waals surface area contributed by atoms with E-state index in [4.69, 9.17) is 0 Å². The van der Waals surface area contributed by atoms with Gasteiger partial charge in [0, 0.05) is 36.7 Å². The molecule has 0 amide bonds. The lowest BCUT2D eigenvalue weighted by Crippen LogP contribution is -2.16. The number of para-hydroxylation sites is 1. The summed E-state index contributed by atoms with van der Waals surface area (Å²) in [7, 11) is 2.15. The zero-order valence-corrected chi connectivity index (χ0v) is 11.7. The van der Waals surface area contributed by atoms with Crippen molar-refractivity contribution >= 4 is 10.9 Å². The van der Waals surface area contributed by atoms with Crippen molar-refractivity contribution < 1.29 is 0 Å². The van der Waals surface area contributed by atoms with E-state index in [1.54, 1.807) is 0 Å². The van der Waals surface area contributed by atoms with Crippen molar-refractivity contribution in [2.45, 2.75) is 27.3 Å². The predicted octanol–water partition coefficient (Wildman–Crippen LogP) is 3.54. The van der Waals surface area contributed by atoms with Crippen molar-refractivity contribution in [3.8, 4) is 0 Å². The number of rotatable bonds is 4. The molecule has 0 saturated carbocycles. The standard InChI is InChI=1S/C16H22N2/c1-12(2)9-10-17-11-16-13(3)14-7-5-6-8-15(14)18(16)4/h5-9,17H,10-11H2,1-4H3. The highest BCUT2D eigenvalue weighted by Crippen LogP contribution is 2.24. The zero-order chi connectivity index (χ0) is 13.1. The number of hydrogen-bond acceptors (Lipinski definition) is 1. The average Bonchev–Trinajstić information content (AvgIpc) is 2.59. The molecule has 0 radical (unpaired) electrons.